The van der Waals surface area contributed by atoms with Gasteiger partial charge in [-0.2, -0.15) is 21.0 Å². The van der Waals surface area contributed by atoms with E-state index in [0.717, 1.165) is 4.90 Å². The molecule has 0 radical (unpaired) electrons. The van der Waals surface area contributed by atoms with E-state index in [1.807, 2.05) is 24.3 Å². The topological polar surface area (TPSA) is 160 Å². The first-order valence-corrected chi connectivity index (χ1v) is 10.2. The number of carbonyl (C=O) groups is 2. The van der Waals surface area contributed by atoms with E-state index in [-0.39, 0.29) is 0 Å². The average molecular weight is 449 g/mol. The van der Waals surface area contributed by atoms with Gasteiger partial charge in [0, 0.05) is 21.3 Å². The van der Waals surface area contributed by atoms with Gasteiger partial charge in [0.1, 0.15) is 12.2 Å². The van der Waals surface area contributed by atoms with Crippen LogP contribution >= 0.6 is 0 Å². The fourth-order valence-electron chi connectivity index (χ4n) is 5.15. The van der Waals surface area contributed by atoms with Crippen LogP contribution < -0.4 is 0 Å². The van der Waals surface area contributed by atoms with E-state index >= 15 is 0 Å². The van der Waals surface area contributed by atoms with Crippen molar-refractivity contribution >= 4 is 11.8 Å². The molecule has 0 N–H and O–H groups in total. The second-order valence-corrected chi connectivity index (χ2v) is 8.47. The molecule has 1 saturated heterocycles. The number of nitrogens with zero attached hydrogens (tertiary/aromatic N) is 5. The van der Waals surface area contributed by atoms with Crippen LogP contribution in [0.25, 0.3) is 0 Å². The van der Waals surface area contributed by atoms with Gasteiger partial charge < -0.3 is 14.2 Å². The van der Waals surface area contributed by atoms with E-state index in [4.69, 9.17) is 14.2 Å². The molecule has 0 aromatic carbocycles. The lowest BCUT2D eigenvalue weighted by Gasteiger charge is -2.46. The summed E-state index contributed by atoms with van der Waals surface area (Å²) in [6.07, 6.45) is -0.952. The van der Waals surface area contributed by atoms with Crippen LogP contribution in [-0.4, -0.2) is 62.4 Å². The number of amides is 2. The molecule has 3 rings (SSSR count). The van der Waals surface area contributed by atoms with E-state index in [1.165, 1.54) is 27.3 Å². The van der Waals surface area contributed by atoms with E-state index in [1.54, 1.807) is 19.9 Å². The zero-order valence-electron chi connectivity index (χ0n) is 18.9. The number of methoxy groups -OCH3 is 2. The van der Waals surface area contributed by atoms with Gasteiger partial charge in [0.25, 0.3) is 0 Å². The second-order valence-electron chi connectivity index (χ2n) is 8.47. The van der Waals surface area contributed by atoms with E-state index in [9.17, 15) is 30.6 Å². The van der Waals surface area contributed by atoms with Crippen LogP contribution in [0.5, 0.6) is 0 Å². The average Bonchev–Trinajstić information content (AvgIpc) is 3.05. The minimum atomic E-state index is -2.26. The number of likely N-dealkylation sites (tertiary alicyclic amines) is 1. The molecule has 0 spiro atoms. The Kier molecular flexibility index (Phi) is 6.16. The summed E-state index contributed by atoms with van der Waals surface area (Å²) < 4.78 is 17.0. The number of hydrogen-bond acceptors (Lipinski definition) is 9. The summed E-state index contributed by atoms with van der Waals surface area (Å²) in [5, 5.41) is 40.2. The number of nitriles is 4. The monoisotopic (exact) mass is 449 g/mol. The van der Waals surface area contributed by atoms with Crippen molar-refractivity contribution in [2.45, 2.75) is 38.3 Å². The second kappa shape index (κ2) is 8.43. The predicted molar refractivity (Wildman–Crippen MR) is 110 cm³/mol. The number of carbonyl (C=O) groups excluding carboxylic acids is 2. The van der Waals surface area contributed by atoms with Gasteiger partial charge in [-0.05, 0) is 25.0 Å². The Balaban J connectivity index is 2.18. The Morgan fingerprint density at radius 3 is 1.88 bits per heavy atom. The molecule has 10 heteroatoms. The molecule has 2 aliphatic carbocycles. The minimum Gasteiger partial charge on any atom is -0.377 e. The molecule has 0 aromatic heterocycles. The Hall–Kier alpha value is -3.54. The van der Waals surface area contributed by atoms with Crippen molar-refractivity contribution < 1.29 is 23.8 Å². The largest absolute Gasteiger partial charge is 0.377 e. The Morgan fingerprint density at radius 1 is 0.848 bits per heavy atom. The van der Waals surface area contributed by atoms with Crippen molar-refractivity contribution in [3.05, 3.63) is 23.3 Å². The molecule has 6 atom stereocenters. The smallest absolute Gasteiger partial charge is 0.235 e. The Bertz CT molecular complexity index is 1090. The van der Waals surface area contributed by atoms with Crippen LogP contribution in [0.1, 0.15) is 13.8 Å². The summed E-state index contributed by atoms with van der Waals surface area (Å²) in [5.41, 5.74) is -3.48. The molecule has 2 amide bonds. The van der Waals surface area contributed by atoms with E-state index in [2.05, 4.69) is 0 Å². The van der Waals surface area contributed by atoms with Gasteiger partial charge in [-0.3, -0.25) is 14.5 Å². The van der Waals surface area contributed by atoms with Gasteiger partial charge in [-0.25, -0.2) is 0 Å². The summed E-state index contributed by atoms with van der Waals surface area (Å²) in [6, 6.07) is 7.37. The molecule has 0 aromatic rings. The van der Waals surface area contributed by atoms with Crippen molar-refractivity contribution in [3.8, 4) is 24.3 Å². The zero-order chi connectivity index (χ0) is 24.7. The highest BCUT2D eigenvalue weighted by atomic mass is 16.5. The number of imide groups is 1. The van der Waals surface area contributed by atoms with E-state index < -0.39 is 58.9 Å². The maximum atomic E-state index is 13.0. The molecule has 10 nitrogen and oxygen atoms in total. The highest BCUT2D eigenvalue weighted by Gasteiger charge is 2.67. The first-order chi connectivity index (χ1) is 15.6. The fraction of sp³-hybridized carbons (Fsp3) is 0.565. The number of fused-ring (bicyclic) bond motifs is 1. The molecule has 1 aliphatic heterocycles. The summed E-state index contributed by atoms with van der Waals surface area (Å²) in [7, 11) is 4.09. The summed E-state index contributed by atoms with van der Waals surface area (Å²) in [5.74, 6) is -2.67. The molecule has 1 fully saturated rings. The third-order valence-corrected chi connectivity index (χ3v) is 6.96. The molecule has 170 valence electrons. The van der Waals surface area contributed by atoms with Crippen molar-refractivity contribution in [2.24, 2.45) is 22.7 Å². The maximum absolute atomic E-state index is 13.0. The number of ether oxygens (including phenoxy) is 3. The number of hydrogen-bond donors (Lipinski definition) is 0. The van der Waals surface area contributed by atoms with Gasteiger partial charge in [-0.15, -0.1) is 0 Å². The van der Waals surface area contributed by atoms with Crippen LogP contribution in [0.3, 0.4) is 0 Å². The highest BCUT2D eigenvalue weighted by molar-refractivity contribution is 6.06. The number of rotatable bonds is 4. The van der Waals surface area contributed by atoms with Gasteiger partial charge in [0.15, 0.2) is 0 Å². The SMILES string of the molecule is CO[C@H]1C=C(C)[C@H](O[C@H]2C(C)=C[C@H](OC)C(C#N)(C#N)C2(C#N)C#N)[C@H]2C(=O)N(C)C(=O)[C@H]21. The first kappa shape index (κ1) is 24.1. The standard InChI is InChI=1S/C23H23N5O5/c1-12-6-14(31-4)16-17(21(30)28(3)20(16)29)18(12)33-19-13(2)7-15(32-5)22(8-24,9-25)23(19,10-26)11-27/h6-7,14-19H,1-5H3/t14-,15-,16-,17-,18-,19-/m0/s1. The molecule has 1 heterocycles. The molecular formula is C23H23N5O5. The van der Waals surface area contributed by atoms with Gasteiger partial charge in [0.2, 0.25) is 22.6 Å². The highest BCUT2D eigenvalue weighted by Crippen LogP contribution is 2.53. The van der Waals surface area contributed by atoms with Crippen LogP contribution in [0, 0.1) is 68.0 Å². The first-order valence-electron chi connectivity index (χ1n) is 10.2. The van der Waals surface area contributed by atoms with E-state index in [0.29, 0.717) is 11.1 Å². The van der Waals surface area contributed by atoms with Crippen molar-refractivity contribution in [3.63, 3.8) is 0 Å². The van der Waals surface area contributed by atoms with Crippen LogP contribution in [0.15, 0.2) is 23.3 Å². The van der Waals surface area contributed by atoms with Crippen LogP contribution in [0.4, 0.5) is 0 Å². The molecule has 33 heavy (non-hydrogen) atoms. The lowest BCUT2D eigenvalue weighted by Crippen LogP contribution is -2.59. The third-order valence-electron chi connectivity index (χ3n) is 6.96. The minimum absolute atomic E-state index is 0.398. The maximum Gasteiger partial charge on any atom is 0.235 e. The lowest BCUT2D eigenvalue weighted by molar-refractivity contribution is -0.141. The summed E-state index contributed by atoms with van der Waals surface area (Å²) >= 11 is 0. The Labute approximate surface area is 191 Å². The predicted octanol–water partition coefficient (Wildman–Crippen LogP) is 0.988. The molecular weight excluding hydrogens is 426 g/mol. The zero-order valence-corrected chi connectivity index (χ0v) is 18.9. The molecule has 0 unspecified atom stereocenters. The van der Waals surface area contributed by atoms with Gasteiger partial charge in [-0.1, -0.05) is 12.2 Å². The molecule has 0 saturated carbocycles. The normalized spacial score (nSPS) is 34.2. The van der Waals surface area contributed by atoms with Crippen molar-refractivity contribution in [1.29, 1.82) is 21.0 Å². The molecule has 0 bridgehead atoms. The fourth-order valence-corrected chi connectivity index (χ4v) is 5.15. The summed E-state index contributed by atoms with van der Waals surface area (Å²) in [6.45, 7) is 3.30. The Morgan fingerprint density at radius 2 is 1.39 bits per heavy atom. The van der Waals surface area contributed by atoms with Gasteiger partial charge in [0.05, 0.1) is 48.3 Å². The quantitative estimate of drug-likeness (QED) is 0.450. The van der Waals surface area contributed by atoms with Crippen LogP contribution in [-0.2, 0) is 23.8 Å². The summed E-state index contributed by atoms with van der Waals surface area (Å²) in [4.78, 5) is 26.8. The third kappa shape index (κ3) is 3.00. The lowest BCUT2D eigenvalue weighted by atomic mass is 9.56. The van der Waals surface area contributed by atoms with Crippen molar-refractivity contribution in [1.82, 2.24) is 4.90 Å². The van der Waals surface area contributed by atoms with Crippen LogP contribution in [0.2, 0.25) is 0 Å². The van der Waals surface area contributed by atoms with Crippen molar-refractivity contribution in [2.75, 3.05) is 21.3 Å². The molecule has 3 aliphatic rings. The van der Waals surface area contributed by atoms with Gasteiger partial charge >= 0.3 is 0 Å².